The van der Waals surface area contributed by atoms with Crippen LogP contribution in [-0.4, -0.2) is 63.1 Å². The average Bonchev–Trinajstić information content (AvgIpc) is 3.42. The molecule has 1 saturated heterocycles. The molecule has 1 aliphatic rings. The van der Waals surface area contributed by atoms with E-state index in [4.69, 9.17) is 31.9 Å². The lowest BCUT2D eigenvalue weighted by Gasteiger charge is -2.27. The number of hydrogen-bond donors (Lipinski definition) is 1. The van der Waals surface area contributed by atoms with Crippen LogP contribution in [0.3, 0.4) is 0 Å². The molecule has 8 unspecified atom stereocenters. The topological polar surface area (TPSA) is 84.8 Å². The van der Waals surface area contributed by atoms with E-state index < -0.39 is 23.3 Å². The molecule has 1 aliphatic heterocycles. The predicted molar refractivity (Wildman–Crippen MR) is 161 cm³/mol. The van der Waals surface area contributed by atoms with Crippen molar-refractivity contribution in [2.45, 2.75) is 125 Å². The number of unbranched alkanes of at least 4 members (excludes halogenated alkanes) is 1. The summed E-state index contributed by atoms with van der Waals surface area (Å²) in [5, 5.41) is 10.2. The lowest BCUT2D eigenvalue weighted by Crippen LogP contribution is -2.31. The van der Waals surface area contributed by atoms with Crippen molar-refractivity contribution in [3.63, 3.8) is 0 Å². The lowest BCUT2D eigenvalue weighted by atomic mass is 10.0. The molecule has 0 spiro atoms. The van der Waals surface area contributed by atoms with Gasteiger partial charge in [0.15, 0.2) is 0 Å². The van der Waals surface area contributed by atoms with Crippen molar-refractivity contribution >= 4 is 17.2 Å². The van der Waals surface area contributed by atoms with Crippen molar-refractivity contribution in [2.24, 2.45) is 23.7 Å². The van der Waals surface area contributed by atoms with Crippen LogP contribution in [0.2, 0.25) is 0 Å². The Morgan fingerprint density at radius 3 is 1.79 bits per heavy atom. The van der Waals surface area contributed by atoms with Crippen LogP contribution in [0, 0.1) is 23.7 Å². The quantitative estimate of drug-likeness (QED) is 0.105. The van der Waals surface area contributed by atoms with E-state index in [1.54, 1.807) is 0 Å². The molecule has 0 bridgehead atoms. The molecule has 0 aliphatic carbocycles. The van der Waals surface area contributed by atoms with Crippen LogP contribution in [0.1, 0.15) is 107 Å². The molecule has 8 nitrogen and oxygen atoms in total. The molecule has 39 heavy (non-hydrogen) atoms. The van der Waals surface area contributed by atoms with Crippen molar-refractivity contribution in [1.29, 1.82) is 0 Å². The first kappa shape index (κ1) is 37.6. The highest BCUT2D eigenvalue weighted by Gasteiger charge is 2.37. The summed E-state index contributed by atoms with van der Waals surface area (Å²) in [6, 6.07) is 0. The van der Waals surface area contributed by atoms with E-state index in [0.29, 0.717) is 63.1 Å². The third-order valence-electron chi connectivity index (χ3n) is 7.49. The summed E-state index contributed by atoms with van der Waals surface area (Å²) in [5.74, 6) is 1.76. The largest absolute Gasteiger partial charge is 0.394 e. The highest BCUT2D eigenvalue weighted by Crippen LogP contribution is 2.46. The van der Waals surface area contributed by atoms with Gasteiger partial charge in [0.2, 0.25) is 0 Å². The number of aliphatic hydroxyl groups excluding tert-OH is 1. The van der Waals surface area contributed by atoms with Crippen LogP contribution in [0.15, 0.2) is 0 Å². The van der Waals surface area contributed by atoms with E-state index in [9.17, 15) is 5.11 Å². The minimum Gasteiger partial charge on any atom is -0.394 e. The second kappa shape index (κ2) is 23.1. The minimum atomic E-state index is -1.60. The van der Waals surface area contributed by atoms with Crippen molar-refractivity contribution in [2.75, 3.05) is 39.6 Å². The molecule has 1 heterocycles. The van der Waals surface area contributed by atoms with E-state index in [0.717, 1.165) is 32.1 Å². The smallest absolute Gasteiger partial charge is 0.333 e. The van der Waals surface area contributed by atoms with Gasteiger partial charge in [0.25, 0.3) is 0 Å². The fraction of sp³-hybridized carbons (Fsp3) is 1.00. The Bertz CT molecular complexity index is 561. The van der Waals surface area contributed by atoms with Gasteiger partial charge in [0.05, 0.1) is 51.8 Å². The van der Waals surface area contributed by atoms with Gasteiger partial charge in [-0.15, -0.1) is 0 Å². The predicted octanol–water partition coefficient (Wildman–Crippen LogP) is 8.41. The minimum absolute atomic E-state index is 0.177. The Morgan fingerprint density at radius 1 is 0.769 bits per heavy atom. The van der Waals surface area contributed by atoms with E-state index in [1.807, 2.05) is 0 Å². The van der Waals surface area contributed by atoms with E-state index in [-0.39, 0.29) is 18.8 Å². The highest BCUT2D eigenvalue weighted by molar-refractivity contribution is 7.42. The van der Waals surface area contributed by atoms with Gasteiger partial charge in [-0.3, -0.25) is 0 Å². The molecule has 0 saturated carbocycles. The zero-order valence-electron chi connectivity index (χ0n) is 26.1. The van der Waals surface area contributed by atoms with Crippen LogP contribution < -0.4 is 0 Å². The number of ether oxygens (including phenoxy) is 1. The maximum absolute atomic E-state index is 10.2. The summed E-state index contributed by atoms with van der Waals surface area (Å²) in [5.41, 5.74) is 0. The van der Waals surface area contributed by atoms with Crippen molar-refractivity contribution in [3.8, 4) is 0 Å². The standard InChI is InChI=1S/C29H60O8P2/c1-9-14-15-26(13-5)21-35-39(34-20-25(8)12-4)37-29(17-30)28-16-27(22-31-28)36-38(32-18-23(6)10-2)33-19-24(7)11-3/h23-30H,9-22H2,1-8H3. The van der Waals surface area contributed by atoms with Gasteiger partial charge in [0, 0.05) is 6.42 Å². The van der Waals surface area contributed by atoms with Gasteiger partial charge >= 0.3 is 17.2 Å². The summed E-state index contributed by atoms with van der Waals surface area (Å²) >= 11 is 0. The second-order valence-corrected chi connectivity index (χ2v) is 13.6. The fourth-order valence-corrected chi connectivity index (χ4v) is 6.26. The first-order valence-electron chi connectivity index (χ1n) is 15.5. The molecule has 1 fully saturated rings. The molecular weight excluding hydrogens is 538 g/mol. The molecule has 0 aromatic heterocycles. The van der Waals surface area contributed by atoms with Crippen molar-refractivity contribution in [3.05, 3.63) is 0 Å². The SMILES string of the molecule is CCCCC(CC)COP(OCC(C)CC)OC(CO)C1CC(OP(OCC(C)CC)OCC(C)CC)CO1. The molecular formula is C29H60O8P2. The third kappa shape index (κ3) is 16.7. The molecule has 0 amide bonds. The van der Waals surface area contributed by atoms with E-state index in [1.165, 1.54) is 12.8 Å². The molecule has 1 rings (SSSR count). The summed E-state index contributed by atoms with van der Waals surface area (Å²) in [4.78, 5) is 0. The summed E-state index contributed by atoms with van der Waals surface area (Å²) in [6.07, 6.45) is 7.21. The first-order valence-corrected chi connectivity index (χ1v) is 17.7. The highest BCUT2D eigenvalue weighted by atomic mass is 31.2. The van der Waals surface area contributed by atoms with Gasteiger partial charge < -0.3 is 37.0 Å². The normalized spacial score (nSPS) is 23.3. The van der Waals surface area contributed by atoms with Crippen LogP contribution >= 0.6 is 17.2 Å². The van der Waals surface area contributed by atoms with Crippen molar-refractivity contribution in [1.82, 2.24) is 0 Å². The maximum Gasteiger partial charge on any atom is 0.333 e. The van der Waals surface area contributed by atoms with E-state index in [2.05, 4.69) is 55.4 Å². The van der Waals surface area contributed by atoms with Crippen LogP contribution in [0.4, 0.5) is 0 Å². The Kier molecular flexibility index (Phi) is 22.2. The van der Waals surface area contributed by atoms with Gasteiger partial charge in [0.1, 0.15) is 6.10 Å². The molecule has 1 N–H and O–H groups in total. The Morgan fingerprint density at radius 2 is 1.31 bits per heavy atom. The van der Waals surface area contributed by atoms with Crippen LogP contribution in [-0.2, 0) is 31.9 Å². The van der Waals surface area contributed by atoms with Gasteiger partial charge in [-0.25, -0.2) is 0 Å². The Labute approximate surface area is 242 Å². The fourth-order valence-electron chi connectivity index (χ4n) is 3.59. The maximum atomic E-state index is 10.2. The third-order valence-corrected chi connectivity index (χ3v) is 9.84. The zero-order valence-corrected chi connectivity index (χ0v) is 27.9. The zero-order chi connectivity index (χ0) is 29.0. The summed E-state index contributed by atoms with van der Waals surface area (Å²) < 4.78 is 42.9. The lowest BCUT2D eigenvalue weighted by molar-refractivity contribution is -0.0285. The van der Waals surface area contributed by atoms with Gasteiger partial charge in [-0.2, -0.15) is 0 Å². The van der Waals surface area contributed by atoms with E-state index >= 15 is 0 Å². The van der Waals surface area contributed by atoms with Gasteiger partial charge in [-0.05, 0) is 30.1 Å². The number of rotatable bonds is 25. The molecule has 0 radical (unpaired) electrons. The molecule has 8 atom stereocenters. The summed E-state index contributed by atoms with van der Waals surface area (Å²) in [6.45, 7) is 19.9. The average molecular weight is 599 g/mol. The molecule has 0 aromatic rings. The van der Waals surface area contributed by atoms with Crippen LogP contribution in [0.25, 0.3) is 0 Å². The number of aliphatic hydroxyl groups is 1. The second-order valence-electron chi connectivity index (χ2n) is 11.2. The monoisotopic (exact) mass is 598 g/mol. The van der Waals surface area contributed by atoms with Crippen molar-refractivity contribution < 1.29 is 37.0 Å². The Balaban J connectivity index is 2.74. The van der Waals surface area contributed by atoms with Gasteiger partial charge in [-0.1, -0.05) is 93.9 Å². The Hall–Kier alpha value is 0.540. The molecule has 234 valence electrons. The first-order chi connectivity index (χ1) is 18.8. The molecule has 10 heteroatoms. The molecule has 0 aromatic carbocycles. The summed E-state index contributed by atoms with van der Waals surface area (Å²) in [7, 11) is -3.07. The van der Waals surface area contributed by atoms with Crippen LogP contribution in [0.5, 0.6) is 0 Å². The number of hydrogen-bond acceptors (Lipinski definition) is 8.